The summed E-state index contributed by atoms with van der Waals surface area (Å²) in [5.41, 5.74) is -0.986. The van der Waals surface area contributed by atoms with Gasteiger partial charge in [0.15, 0.2) is 0 Å². The molecule has 2 atom stereocenters. The minimum absolute atomic E-state index is 0.0157. The number of carboxylic acids is 1. The topological polar surface area (TPSA) is 57.5 Å². The fourth-order valence-electron chi connectivity index (χ4n) is 2.42. The first kappa shape index (κ1) is 11.5. The van der Waals surface area contributed by atoms with Crippen molar-refractivity contribution in [1.29, 1.82) is 0 Å². The van der Waals surface area contributed by atoms with Gasteiger partial charge in [0.1, 0.15) is 0 Å². The maximum Gasteiger partial charge on any atom is 0.309 e. The van der Waals surface area contributed by atoms with Crippen molar-refractivity contribution in [3.63, 3.8) is 0 Å². The quantitative estimate of drug-likeness (QED) is 0.712. The van der Waals surface area contributed by atoms with Crippen LogP contribution >= 0.6 is 0 Å². The van der Waals surface area contributed by atoms with E-state index < -0.39 is 17.5 Å². The highest BCUT2D eigenvalue weighted by molar-refractivity contribution is 5.72. The van der Waals surface area contributed by atoms with Crippen LogP contribution in [0.5, 0.6) is 0 Å². The summed E-state index contributed by atoms with van der Waals surface area (Å²) >= 11 is 0. The van der Waals surface area contributed by atoms with E-state index in [-0.39, 0.29) is 11.8 Å². The van der Waals surface area contributed by atoms with Crippen LogP contribution in [0.1, 0.15) is 40.0 Å². The molecule has 0 heterocycles. The van der Waals surface area contributed by atoms with E-state index in [4.69, 9.17) is 5.11 Å². The largest absolute Gasteiger partial charge is 0.481 e. The van der Waals surface area contributed by atoms with Crippen LogP contribution in [-0.2, 0) is 4.79 Å². The summed E-state index contributed by atoms with van der Waals surface area (Å²) in [6, 6.07) is 0. The normalized spacial score (nSPS) is 23.2. The maximum absolute atomic E-state index is 11.1. The average molecular weight is 200 g/mol. The molecule has 1 aliphatic carbocycles. The van der Waals surface area contributed by atoms with E-state index >= 15 is 0 Å². The number of carboxylic acid groups (broad SMARTS) is 1. The van der Waals surface area contributed by atoms with Crippen LogP contribution in [0.25, 0.3) is 0 Å². The van der Waals surface area contributed by atoms with Crippen LogP contribution < -0.4 is 0 Å². The molecule has 0 aromatic carbocycles. The molecule has 1 fully saturated rings. The standard InChI is InChI=1S/C11H20O3/c1-4-11(14,8-5-6-8)9(7(2)3)10(12)13/h7-9,14H,4-6H2,1-3H3,(H,12,13). The van der Waals surface area contributed by atoms with Gasteiger partial charge in [-0.3, -0.25) is 4.79 Å². The third-order valence-corrected chi connectivity index (χ3v) is 3.32. The van der Waals surface area contributed by atoms with Gasteiger partial charge >= 0.3 is 5.97 Å². The van der Waals surface area contributed by atoms with Gasteiger partial charge in [-0.15, -0.1) is 0 Å². The van der Waals surface area contributed by atoms with Crippen molar-refractivity contribution in [2.24, 2.45) is 17.8 Å². The summed E-state index contributed by atoms with van der Waals surface area (Å²) in [5, 5.41) is 19.5. The summed E-state index contributed by atoms with van der Waals surface area (Å²) < 4.78 is 0. The van der Waals surface area contributed by atoms with Crippen molar-refractivity contribution < 1.29 is 15.0 Å². The molecule has 0 amide bonds. The van der Waals surface area contributed by atoms with E-state index in [0.29, 0.717) is 6.42 Å². The highest BCUT2D eigenvalue weighted by Gasteiger charge is 2.51. The van der Waals surface area contributed by atoms with Crippen LogP contribution in [-0.4, -0.2) is 21.8 Å². The fraction of sp³-hybridized carbons (Fsp3) is 0.909. The highest BCUT2D eigenvalue weighted by Crippen LogP contribution is 2.47. The van der Waals surface area contributed by atoms with Crippen molar-refractivity contribution in [2.45, 2.75) is 45.6 Å². The number of rotatable bonds is 5. The second-order valence-corrected chi connectivity index (χ2v) is 4.68. The molecule has 0 aromatic rings. The average Bonchev–Trinajstić information content (AvgIpc) is 2.84. The predicted octanol–water partition coefficient (Wildman–Crippen LogP) is 1.89. The number of aliphatic hydroxyl groups is 1. The molecular formula is C11H20O3. The maximum atomic E-state index is 11.1. The van der Waals surface area contributed by atoms with Gasteiger partial charge in [-0.25, -0.2) is 0 Å². The molecule has 0 radical (unpaired) electrons. The first-order valence-corrected chi connectivity index (χ1v) is 5.38. The number of hydrogen-bond donors (Lipinski definition) is 2. The highest BCUT2D eigenvalue weighted by atomic mass is 16.4. The van der Waals surface area contributed by atoms with Crippen LogP contribution in [0, 0.1) is 17.8 Å². The lowest BCUT2D eigenvalue weighted by atomic mass is 9.75. The monoisotopic (exact) mass is 200 g/mol. The molecule has 1 aliphatic rings. The molecule has 2 N–H and O–H groups in total. The molecule has 0 bridgehead atoms. The summed E-state index contributed by atoms with van der Waals surface area (Å²) in [6.45, 7) is 5.60. The Morgan fingerprint density at radius 2 is 2.00 bits per heavy atom. The van der Waals surface area contributed by atoms with Crippen LogP contribution in [0.2, 0.25) is 0 Å². The Balaban J connectivity index is 2.87. The molecule has 0 spiro atoms. The Morgan fingerprint density at radius 3 is 2.21 bits per heavy atom. The third kappa shape index (κ3) is 1.92. The van der Waals surface area contributed by atoms with Crippen molar-refractivity contribution in [3.05, 3.63) is 0 Å². The Labute approximate surface area is 85.1 Å². The van der Waals surface area contributed by atoms with Gasteiger partial charge in [-0.2, -0.15) is 0 Å². The Kier molecular flexibility index (Phi) is 3.20. The van der Waals surface area contributed by atoms with Crippen LogP contribution in [0.4, 0.5) is 0 Å². The molecule has 1 rings (SSSR count). The molecule has 0 aromatic heterocycles. The molecule has 3 heteroatoms. The van der Waals surface area contributed by atoms with Crippen LogP contribution in [0.15, 0.2) is 0 Å². The smallest absolute Gasteiger partial charge is 0.309 e. The Bertz CT molecular complexity index is 221. The van der Waals surface area contributed by atoms with Crippen molar-refractivity contribution in [3.8, 4) is 0 Å². The van der Waals surface area contributed by atoms with Crippen molar-refractivity contribution in [2.75, 3.05) is 0 Å². The number of carbonyl (C=O) groups is 1. The molecule has 2 unspecified atom stereocenters. The van der Waals surface area contributed by atoms with Gasteiger partial charge in [0.25, 0.3) is 0 Å². The van der Waals surface area contributed by atoms with Gasteiger partial charge in [0, 0.05) is 0 Å². The van der Waals surface area contributed by atoms with Gasteiger partial charge in [-0.1, -0.05) is 20.8 Å². The molecule has 82 valence electrons. The zero-order chi connectivity index (χ0) is 10.9. The van der Waals surface area contributed by atoms with Gasteiger partial charge in [-0.05, 0) is 31.1 Å². The second kappa shape index (κ2) is 3.89. The van der Waals surface area contributed by atoms with Gasteiger partial charge < -0.3 is 10.2 Å². The fourth-order valence-corrected chi connectivity index (χ4v) is 2.42. The minimum Gasteiger partial charge on any atom is -0.481 e. The Hall–Kier alpha value is -0.570. The molecular weight excluding hydrogens is 180 g/mol. The SMILES string of the molecule is CCC(O)(C1CC1)C(C(=O)O)C(C)C. The summed E-state index contributed by atoms with van der Waals surface area (Å²) in [5.74, 6) is -1.30. The molecule has 1 saturated carbocycles. The third-order valence-electron chi connectivity index (χ3n) is 3.32. The zero-order valence-electron chi connectivity index (χ0n) is 9.16. The van der Waals surface area contributed by atoms with Crippen molar-refractivity contribution >= 4 is 5.97 Å². The minimum atomic E-state index is -0.986. The van der Waals surface area contributed by atoms with E-state index in [0.717, 1.165) is 12.8 Å². The van der Waals surface area contributed by atoms with E-state index in [1.807, 2.05) is 20.8 Å². The molecule has 3 nitrogen and oxygen atoms in total. The van der Waals surface area contributed by atoms with E-state index in [9.17, 15) is 9.90 Å². The van der Waals surface area contributed by atoms with E-state index in [1.54, 1.807) is 0 Å². The summed E-state index contributed by atoms with van der Waals surface area (Å²) in [4.78, 5) is 11.1. The lowest BCUT2D eigenvalue weighted by molar-refractivity contribution is -0.158. The first-order valence-electron chi connectivity index (χ1n) is 5.38. The van der Waals surface area contributed by atoms with Crippen molar-refractivity contribution in [1.82, 2.24) is 0 Å². The van der Waals surface area contributed by atoms with Crippen LogP contribution in [0.3, 0.4) is 0 Å². The van der Waals surface area contributed by atoms with Gasteiger partial charge in [0.05, 0.1) is 11.5 Å². The van der Waals surface area contributed by atoms with Gasteiger partial charge in [0.2, 0.25) is 0 Å². The number of hydrogen-bond acceptors (Lipinski definition) is 2. The lowest BCUT2D eigenvalue weighted by Gasteiger charge is -2.35. The van der Waals surface area contributed by atoms with E-state index in [2.05, 4.69) is 0 Å². The summed E-state index contributed by atoms with van der Waals surface area (Å²) in [7, 11) is 0. The first-order chi connectivity index (χ1) is 6.43. The molecule has 0 saturated heterocycles. The summed E-state index contributed by atoms with van der Waals surface area (Å²) in [6.07, 6.45) is 2.48. The zero-order valence-corrected chi connectivity index (χ0v) is 9.16. The second-order valence-electron chi connectivity index (χ2n) is 4.68. The predicted molar refractivity (Wildman–Crippen MR) is 53.9 cm³/mol. The number of aliphatic carboxylic acids is 1. The molecule has 0 aliphatic heterocycles. The Morgan fingerprint density at radius 1 is 1.50 bits per heavy atom. The molecule has 14 heavy (non-hydrogen) atoms. The lowest BCUT2D eigenvalue weighted by Crippen LogP contribution is -2.46. The van der Waals surface area contributed by atoms with E-state index in [1.165, 1.54) is 0 Å².